The number of carbonyl (C=O) groups is 1. The van der Waals surface area contributed by atoms with Crippen molar-refractivity contribution in [2.45, 2.75) is 13.0 Å². The molecule has 0 spiro atoms. The summed E-state index contributed by atoms with van der Waals surface area (Å²) in [7, 11) is 0. The van der Waals surface area contributed by atoms with Crippen LogP contribution in [-0.2, 0) is 9.53 Å². The lowest BCUT2D eigenvalue weighted by atomic mass is 10.0. The van der Waals surface area contributed by atoms with E-state index < -0.39 is 0 Å². The Kier molecular flexibility index (Phi) is 2.06. The minimum Gasteiger partial charge on any atom is -0.465 e. The lowest BCUT2D eigenvalue weighted by Gasteiger charge is -2.28. The van der Waals surface area contributed by atoms with Crippen molar-refractivity contribution in [3.63, 3.8) is 0 Å². The molecule has 0 aromatic heterocycles. The topological polar surface area (TPSA) is 38.3 Å². The maximum absolute atomic E-state index is 10.9. The van der Waals surface area contributed by atoms with E-state index in [1.165, 1.54) is 0 Å². The van der Waals surface area contributed by atoms with Crippen LogP contribution in [0.3, 0.4) is 0 Å². The molecule has 0 aromatic carbocycles. The van der Waals surface area contributed by atoms with Gasteiger partial charge in [-0.3, -0.25) is 5.32 Å². The van der Waals surface area contributed by atoms with E-state index in [2.05, 4.69) is 11.9 Å². The summed E-state index contributed by atoms with van der Waals surface area (Å²) in [5, 5.41) is 2.91. The number of ether oxygens (including phenoxy) is 1. The van der Waals surface area contributed by atoms with Gasteiger partial charge in [0.15, 0.2) is 0 Å². The van der Waals surface area contributed by atoms with Gasteiger partial charge in [-0.05, 0) is 12.5 Å². The van der Waals surface area contributed by atoms with Crippen LogP contribution in [0.25, 0.3) is 0 Å². The first-order valence-electron chi connectivity index (χ1n) is 3.33. The van der Waals surface area contributed by atoms with Crippen molar-refractivity contribution in [3.8, 4) is 0 Å². The first-order valence-corrected chi connectivity index (χ1v) is 3.33. The quantitative estimate of drug-likeness (QED) is 0.437. The van der Waals surface area contributed by atoms with Crippen LogP contribution in [0, 0.1) is 0 Å². The smallest absolute Gasteiger partial charge is 0.327 e. The van der Waals surface area contributed by atoms with Crippen molar-refractivity contribution in [3.05, 3.63) is 12.2 Å². The third kappa shape index (κ3) is 1.19. The second-order valence-corrected chi connectivity index (χ2v) is 2.22. The molecule has 10 heavy (non-hydrogen) atoms. The van der Waals surface area contributed by atoms with Crippen LogP contribution >= 0.6 is 0 Å². The van der Waals surface area contributed by atoms with Crippen molar-refractivity contribution in [2.75, 3.05) is 13.2 Å². The van der Waals surface area contributed by atoms with E-state index in [9.17, 15) is 4.79 Å². The molecular formula is C7H11NO2. The molecule has 56 valence electrons. The molecule has 1 aliphatic rings. The van der Waals surface area contributed by atoms with Crippen LogP contribution < -0.4 is 5.32 Å². The van der Waals surface area contributed by atoms with Crippen molar-refractivity contribution < 1.29 is 9.53 Å². The van der Waals surface area contributed by atoms with E-state index in [1.54, 1.807) is 6.92 Å². The van der Waals surface area contributed by atoms with Crippen LogP contribution in [-0.4, -0.2) is 25.2 Å². The Morgan fingerprint density at radius 2 is 2.70 bits per heavy atom. The summed E-state index contributed by atoms with van der Waals surface area (Å²) in [4.78, 5) is 10.9. The van der Waals surface area contributed by atoms with Gasteiger partial charge in [0.1, 0.15) is 6.04 Å². The molecule has 0 saturated carbocycles. The van der Waals surface area contributed by atoms with E-state index in [1.807, 2.05) is 0 Å². The highest BCUT2D eigenvalue weighted by Gasteiger charge is 2.29. The van der Waals surface area contributed by atoms with Gasteiger partial charge in [0.2, 0.25) is 0 Å². The van der Waals surface area contributed by atoms with E-state index in [0.29, 0.717) is 6.61 Å². The molecule has 0 bridgehead atoms. The zero-order valence-corrected chi connectivity index (χ0v) is 6.02. The summed E-state index contributed by atoms with van der Waals surface area (Å²) >= 11 is 0. The predicted octanol–water partition coefficient (Wildman–Crippen LogP) is 0.0775. The molecule has 0 amide bonds. The first-order chi connectivity index (χ1) is 4.75. The Bertz CT molecular complexity index is 165. The van der Waals surface area contributed by atoms with Crippen molar-refractivity contribution in [1.29, 1.82) is 0 Å². The Morgan fingerprint density at radius 1 is 2.00 bits per heavy atom. The molecule has 1 fully saturated rings. The van der Waals surface area contributed by atoms with E-state index in [4.69, 9.17) is 4.74 Å². The maximum Gasteiger partial charge on any atom is 0.327 e. The number of esters is 1. The summed E-state index contributed by atoms with van der Waals surface area (Å²) in [5.41, 5.74) is 0.915. The van der Waals surface area contributed by atoms with Crippen LogP contribution in [0.4, 0.5) is 0 Å². The summed E-state index contributed by atoms with van der Waals surface area (Å²) < 4.78 is 4.75. The SMILES string of the molecule is C=C1CNC1C(=O)OCC. The minimum atomic E-state index is -0.236. The van der Waals surface area contributed by atoms with Gasteiger partial charge in [0.05, 0.1) is 6.61 Å². The zero-order valence-electron chi connectivity index (χ0n) is 6.02. The van der Waals surface area contributed by atoms with Crippen molar-refractivity contribution in [2.24, 2.45) is 0 Å². The van der Waals surface area contributed by atoms with E-state index in [0.717, 1.165) is 12.1 Å². The Morgan fingerprint density at radius 3 is 3.00 bits per heavy atom. The predicted molar refractivity (Wildman–Crippen MR) is 37.6 cm³/mol. The lowest BCUT2D eigenvalue weighted by Crippen LogP contribution is -2.51. The number of carbonyl (C=O) groups excluding carboxylic acids is 1. The van der Waals surface area contributed by atoms with Gasteiger partial charge < -0.3 is 4.74 Å². The molecule has 1 rings (SSSR count). The minimum absolute atomic E-state index is 0.209. The lowest BCUT2D eigenvalue weighted by molar-refractivity contribution is -0.145. The molecule has 1 atom stereocenters. The van der Waals surface area contributed by atoms with Gasteiger partial charge in [-0.25, -0.2) is 4.79 Å². The molecule has 0 aliphatic carbocycles. The monoisotopic (exact) mass is 141 g/mol. The van der Waals surface area contributed by atoms with E-state index >= 15 is 0 Å². The molecule has 1 aliphatic heterocycles. The van der Waals surface area contributed by atoms with Crippen LogP contribution in [0.1, 0.15) is 6.92 Å². The molecular weight excluding hydrogens is 130 g/mol. The summed E-state index contributed by atoms with van der Waals surface area (Å²) in [5.74, 6) is -0.209. The van der Waals surface area contributed by atoms with Crippen LogP contribution in [0.2, 0.25) is 0 Å². The summed E-state index contributed by atoms with van der Waals surface area (Å²) in [6.07, 6.45) is 0. The van der Waals surface area contributed by atoms with Crippen molar-refractivity contribution >= 4 is 5.97 Å². The fourth-order valence-electron chi connectivity index (χ4n) is 0.824. The summed E-state index contributed by atoms with van der Waals surface area (Å²) in [6, 6.07) is -0.236. The van der Waals surface area contributed by atoms with Crippen LogP contribution in [0.5, 0.6) is 0 Å². The normalized spacial score (nSPS) is 23.7. The van der Waals surface area contributed by atoms with Gasteiger partial charge in [0, 0.05) is 6.54 Å². The van der Waals surface area contributed by atoms with Gasteiger partial charge in [-0.15, -0.1) is 0 Å². The highest BCUT2D eigenvalue weighted by atomic mass is 16.5. The third-order valence-corrected chi connectivity index (χ3v) is 1.46. The second-order valence-electron chi connectivity index (χ2n) is 2.22. The average molecular weight is 141 g/mol. The largest absolute Gasteiger partial charge is 0.465 e. The van der Waals surface area contributed by atoms with Gasteiger partial charge >= 0.3 is 5.97 Å². The van der Waals surface area contributed by atoms with Gasteiger partial charge in [-0.2, -0.15) is 0 Å². The molecule has 1 N–H and O–H groups in total. The molecule has 0 aromatic rings. The van der Waals surface area contributed by atoms with Gasteiger partial charge in [0.25, 0.3) is 0 Å². The molecule has 1 saturated heterocycles. The molecule has 1 unspecified atom stereocenters. The number of rotatable bonds is 2. The average Bonchev–Trinajstić information content (AvgIpc) is 1.85. The molecule has 0 radical (unpaired) electrons. The fraction of sp³-hybridized carbons (Fsp3) is 0.571. The Balaban J connectivity index is 2.34. The first kappa shape index (κ1) is 7.28. The maximum atomic E-state index is 10.9. The standard InChI is InChI=1S/C7H11NO2/c1-3-10-7(9)6-5(2)4-8-6/h6,8H,2-4H2,1H3. The highest BCUT2D eigenvalue weighted by molar-refractivity contribution is 5.81. The summed E-state index contributed by atoms with van der Waals surface area (Å²) in [6.45, 7) is 6.65. The third-order valence-electron chi connectivity index (χ3n) is 1.46. The number of hydrogen-bond acceptors (Lipinski definition) is 3. The molecule has 3 heteroatoms. The highest BCUT2D eigenvalue weighted by Crippen LogP contribution is 2.09. The fourth-order valence-corrected chi connectivity index (χ4v) is 0.824. The van der Waals surface area contributed by atoms with Crippen molar-refractivity contribution in [1.82, 2.24) is 5.32 Å². The second kappa shape index (κ2) is 2.84. The van der Waals surface area contributed by atoms with Gasteiger partial charge in [-0.1, -0.05) is 6.58 Å². The number of hydrogen-bond donors (Lipinski definition) is 1. The van der Waals surface area contributed by atoms with E-state index in [-0.39, 0.29) is 12.0 Å². The molecule has 3 nitrogen and oxygen atoms in total. The zero-order chi connectivity index (χ0) is 7.56. The number of nitrogens with one attached hydrogen (secondary N) is 1. The Hall–Kier alpha value is -0.830. The van der Waals surface area contributed by atoms with Crippen LogP contribution in [0.15, 0.2) is 12.2 Å². The molecule has 1 heterocycles. The Labute approximate surface area is 60.1 Å².